The summed E-state index contributed by atoms with van der Waals surface area (Å²) >= 11 is 0. The third kappa shape index (κ3) is 4.70. The molecule has 0 atom stereocenters. The van der Waals surface area contributed by atoms with E-state index in [1.165, 1.54) is 24.5 Å². The van der Waals surface area contributed by atoms with Gasteiger partial charge < -0.3 is 21.6 Å². The van der Waals surface area contributed by atoms with Crippen LogP contribution in [0, 0.1) is 5.21 Å². The molecule has 0 saturated heterocycles. The van der Waals surface area contributed by atoms with Crippen molar-refractivity contribution >= 4 is 11.8 Å². The Kier molecular flexibility index (Phi) is 5.71. The molecule has 0 radical (unpaired) electrons. The number of rotatable bonds is 5. The molecule has 1 heterocycles. The van der Waals surface area contributed by atoms with Crippen LogP contribution in [0.25, 0.3) is 0 Å². The minimum Gasteiger partial charge on any atom is -0.619 e. The van der Waals surface area contributed by atoms with Crippen LogP contribution in [0.4, 0.5) is 0 Å². The summed E-state index contributed by atoms with van der Waals surface area (Å²) in [6.45, 7) is 0.359. The van der Waals surface area contributed by atoms with Crippen LogP contribution in [0.15, 0.2) is 24.5 Å². The molecule has 1 saturated carbocycles. The van der Waals surface area contributed by atoms with Crippen LogP contribution in [0.3, 0.4) is 0 Å². The molecule has 120 valence electrons. The van der Waals surface area contributed by atoms with Gasteiger partial charge in [0.1, 0.15) is 0 Å². The molecule has 4 N–H and O–H groups in total. The first-order valence-corrected chi connectivity index (χ1v) is 7.57. The van der Waals surface area contributed by atoms with Gasteiger partial charge in [-0.15, -0.1) is 0 Å². The molecule has 7 heteroatoms. The molecular formula is C15H22N4O3. The Labute approximate surface area is 129 Å². The maximum absolute atomic E-state index is 12.1. The van der Waals surface area contributed by atoms with Gasteiger partial charge in [-0.1, -0.05) is 0 Å². The Hall–Kier alpha value is -2.15. The number of pyridine rings is 1. The van der Waals surface area contributed by atoms with Crippen molar-refractivity contribution < 1.29 is 14.3 Å². The monoisotopic (exact) mass is 306 g/mol. The lowest BCUT2D eigenvalue weighted by Crippen LogP contribution is -2.44. The Balaban J connectivity index is 1.76. The molecule has 1 aliphatic rings. The third-order valence-electron chi connectivity index (χ3n) is 3.86. The molecule has 1 aliphatic carbocycles. The van der Waals surface area contributed by atoms with E-state index in [9.17, 15) is 14.8 Å². The van der Waals surface area contributed by atoms with Gasteiger partial charge in [-0.2, -0.15) is 4.73 Å². The van der Waals surface area contributed by atoms with Crippen molar-refractivity contribution in [3.63, 3.8) is 0 Å². The second-order valence-electron chi connectivity index (χ2n) is 5.57. The minimum atomic E-state index is -0.170. The lowest BCUT2D eigenvalue weighted by molar-refractivity contribution is -0.605. The maximum Gasteiger partial charge on any atom is 0.251 e. The third-order valence-corrected chi connectivity index (χ3v) is 3.86. The fourth-order valence-corrected chi connectivity index (χ4v) is 2.65. The Morgan fingerprint density at radius 3 is 2.23 bits per heavy atom. The first-order chi connectivity index (χ1) is 10.6. The van der Waals surface area contributed by atoms with Crippen molar-refractivity contribution in [3.05, 3.63) is 35.3 Å². The first kappa shape index (κ1) is 16.2. The Bertz CT molecular complexity index is 510. The molecule has 2 amide bonds. The number of aromatic nitrogens is 1. The van der Waals surface area contributed by atoms with Gasteiger partial charge in [0.2, 0.25) is 5.91 Å². The van der Waals surface area contributed by atoms with E-state index >= 15 is 0 Å². The Morgan fingerprint density at radius 1 is 1.14 bits per heavy atom. The SMILES string of the molecule is NCCC(=O)N[C@H]1CC[C@H](NC(=O)c2cc[n+]([O-])cc2)CC1. The van der Waals surface area contributed by atoms with E-state index in [4.69, 9.17) is 5.73 Å². The van der Waals surface area contributed by atoms with Gasteiger partial charge in [0.15, 0.2) is 12.4 Å². The minimum absolute atomic E-state index is 0.00908. The number of hydrogen-bond donors (Lipinski definition) is 3. The highest BCUT2D eigenvalue weighted by Crippen LogP contribution is 2.19. The summed E-state index contributed by atoms with van der Waals surface area (Å²) in [7, 11) is 0. The number of nitrogens with zero attached hydrogens (tertiary/aromatic N) is 1. The van der Waals surface area contributed by atoms with Crippen LogP contribution in [0.2, 0.25) is 0 Å². The Morgan fingerprint density at radius 2 is 1.68 bits per heavy atom. The summed E-state index contributed by atoms with van der Waals surface area (Å²) in [6, 6.07) is 3.28. The highest BCUT2D eigenvalue weighted by Gasteiger charge is 2.23. The zero-order valence-electron chi connectivity index (χ0n) is 12.5. The molecule has 2 rings (SSSR count). The molecular weight excluding hydrogens is 284 g/mol. The van der Waals surface area contributed by atoms with Gasteiger partial charge in [-0.05, 0) is 25.7 Å². The van der Waals surface area contributed by atoms with Gasteiger partial charge in [-0.3, -0.25) is 9.59 Å². The summed E-state index contributed by atoms with van der Waals surface area (Å²) in [5.41, 5.74) is 5.82. The number of nitrogens with one attached hydrogen (secondary N) is 2. The zero-order chi connectivity index (χ0) is 15.9. The number of carbonyl (C=O) groups excluding carboxylic acids is 2. The van der Waals surface area contributed by atoms with E-state index in [0.29, 0.717) is 23.3 Å². The summed E-state index contributed by atoms with van der Waals surface area (Å²) in [6.07, 6.45) is 6.30. The van der Waals surface area contributed by atoms with E-state index < -0.39 is 0 Å². The predicted molar refractivity (Wildman–Crippen MR) is 80.7 cm³/mol. The fourth-order valence-electron chi connectivity index (χ4n) is 2.65. The van der Waals surface area contributed by atoms with Crippen molar-refractivity contribution in [3.8, 4) is 0 Å². The molecule has 1 aromatic rings. The molecule has 0 spiro atoms. The van der Waals surface area contributed by atoms with Gasteiger partial charge in [0.05, 0.1) is 5.56 Å². The number of carbonyl (C=O) groups is 2. The number of hydrogen-bond acceptors (Lipinski definition) is 4. The summed E-state index contributed by atoms with van der Waals surface area (Å²) < 4.78 is 0.645. The van der Waals surface area contributed by atoms with E-state index in [1.54, 1.807) is 0 Å². The first-order valence-electron chi connectivity index (χ1n) is 7.57. The lowest BCUT2D eigenvalue weighted by atomic mass is 9.91. The quantitative estimate of drug-likeness (QED) is 0.518. The summed E-state index contributed by atoms with van der Waals surface area (Å²) in [5, 5.41) is 16.9. The van der Waals surface area contributed by atoms with Crippen molar-refractivity contribution in [1.29, 1.82) is 0 Å². The van der Waals surface area contributed by atoms with Crippen LogP contribution >= 0.6 is 0 Å². The largest absolute Gasteiger partial charge is 0.619 e. The maximum atomic E-state index is 12.1. The lowest BCUT2D eigenvalue weighted by Gasteiger charge is -2.29. The van der Waals surface area contributed by atoms with E-state index in [0.717, 1.165) is 25.7 Å². The van der Waals surface area contributed by atoms with Crippen LogP contribution in [0.1, 0.15) is 42.5 Å². The van der Waals surface area contributed by atoms with Crippen LogP contribution in [-0.4, -0.2) is 30.4 Å². The van der Waals surface area contributed by atoms with Crippen molar-refractivity contribution in [2.75, 3.05) is 6.54 Å². The number of amides is 2. The molecule has 1 aromatic heterocycles. The smallest absolute Gasteiger partial charge is 0.251 e. The normalized spacial score (nSPS) is 21.1. The standard InChI is InChI=1S/C15H22N4O3/c16-8-5-14(20)17-12-1-3-13(4-2-12)18-15(21)11-6-9-19(22)10-7-11/h6-7,9-10,12-13H,1-5,8,16H2,(H,17,20)(H,18,21)/t12-,13-. The van der Waals surface area contributed by atoms with E-state index in [1.807, 2.05) is 0 Å². The predicted octanol–water partition coefficient (Wildman–Crippen LogP) is -0.174. The molecule has 0 aromatic carbocycles. The highest BCUT2D eigenvalue weighted by molar-refractivity contribution is 5.94. The van der Waals surface area contributed by atoms with Gasteiger partial charge in [0, 0.05) is 37.2 Å². The zero-order valence-corrected chi connectivity index (χ0v) is 12.5. The summed E-state index contributed by atoms with van der Waals surface area (Å²) in [4.78, 5) is 23.6. The van der Waals surface area contributed by atoms with Crippen molar-refractivity contribution in [2.24, 2.45) is 5.73 Å². The van der Waals surface area contributed by atoms with Crippen LogP contribution < -0.4 is 21.1 Å². The van der Waals surface area contributed by atoms with Gasteiger partial charge in [-0.25, -0.2) is 0 Å². The molecule has 1 fully saturated rings. The molecule has 0 aliphatic heterocycles. The molecule has 22 heavy (non-hydrogen) atoms. The highest BCUT2D eigenvalue weighted by atomic mass is 16.5. The van der Waals surface area contributed by atoms with E-state index in [2.05, 4.69) is 10.6 Å². The average molecular weight is 306 g/mol. The number of nitrogens with two attached hydrogens (primary N) is 1. The topological polar surface area (TPSA) is 111 Å². The second kappa shape index (κ2) is 7.74. The van der Waals surface area contributed by atoms with Crippen molar-refractivity contribution in [1.82, 2.24) is 10.6 Å². The molecule has 0 bridgehead atoms. The molecule has 0 unspecified atom stereocenters. The van der Waals surface area contributed by atoms with Gasteiger partial charge in [0.25, 0.3) is 5.91 Å². The summed E-state index contributed by atoms with van der Waals surface area (Å²) in [5.74, 6) is -0.179. The molecule has 7 nitrogen and oxygen atoms in total. The van der Waals surface area contributed by atoms with Gasteiger partial charge >= 0.3 is 0 Å². The van der Waals surface area contributed by atoms with Crippen molar-refractivity contribution in [2.45, 2.75) is 44.2 Å². The second-order valence-corrected chi connectivity index (χ2v) is 5.57. The average Bonchev–Trinajstić information content (AvgIpc) is 2.50. The van der Waals surface area contributed by atoms with Crippen LogP contribution in [0.5, 0.6) is 0 Å². The fraction of sp³-hybridized carbons (Fsp3) is 0.533. The van der Waals surface area contributed by atoms with Crippen LogP contribution in [-0.2, 0) is 4.79 Å². The van der Waals surface area contributed by atoms with E-state index in [-0.39, 0.29) is 23.9 Å².